The number of aromatic nitrogens is 2. The molecule has 1 atom stereocenters. The average molecular weight is 547 g/mol. The van der Waals surface area contributed by atoms with Crippen LogP contribution >= 0.6 is 46.4 Å². The van der Waals surface area contributed by atoms with Crippen LogP contribution in [0.1, 0.15) is 22.0 Å². The van der Waals surface area contributed by atoms with Crippen molar-refractivity contribution < 1.29 is 4.79 Å². The molecule has 0 radical (unpaired) electrons. The molecule has 4 rings (SSSR count). The van der Waals surface area contributed by atoms with E-state index in [1.165, 1.54) is 0 Å². The Morgan fingerprint density at radius 2 is 1.57 bits per heavy atom. The summed E-state index contributed by atoms with van der Waals surface area (Å²) in [7, 11) is 0. The Morgan fingerprint density at radius 3 is 2.20 bits per heavy atom. The van der Waals surface area contributed by atoms with Crippen LogP contribution in [-0.4, -0.2) is 21.4 Å². The first-order valence-electron chi connectivity index (χ1n) is 10.5. The Kier molecular flexibility index (Phi) is 8.31. The molecule has 0 spiro atoms. The van der Waals surface area contributed by atoms with Crippen LogP contribution in [-0.2, 0) is 6.54 Å². The molecule has 0 bridgehead atoms. The molecule has 1 unspecified atom stereocenters. The van der Waals surface area contributed by atoms with Gasteiger partial charge in [0.2, 0.25) is 5.96 Å². The standard InChI is InChI=1S/C25H19Cl4N5O/c26-17-3-1-16(2-4-17)24(35)33-25(31-20-8-5-18(27)6-9-20)32-23(14-34-12-11-30-15-34)21-10-7-19(28)13-22(21)29/h1-13,15,23H,14H2,(H2,31,32,33,35). The number of aliphatic imine (C=N–C) groups is 1. The van der Waals surface area contributed by atoms with Crippen LogP contribution in [0.2, 0.25) is 20.1 Å². The summed E-state index contributed by atoms with van der Waals surface area (Å²) in [5.74, 6) is -0.131. The van der Waals surface area contributed by atoms with Crippen molar-refractivity contribution in [3.05, 3.63) is 117 Å². The molecule has 0 aliphatic rings. The first-order chi connectivity index (χ1) is 16.9. The highest BCUT2D eigenvalue weighted by Crippen LogP contribution is 2.30. The molecule has 1 heterocycles. The number of guanidine groups is 1. The maximum Gasteiger partial charge on any atom is 0.257 e. The summed E-state index contributed by atoms with van der Waals surface area (Å²) in [4.78, 5) is 22.0. The number of benzene rings is 3. The first kappa shape index (κ1) is 25.1. The van der Waals surface area contributed by atoms with Gasteiger partial charge in [0.05, 0.1) is 18.9 Å². The number of imidazole rings is 1. The quantitative estimate of drug-likeness (QED) is 0.199. The minimum absolute atomic E-state index is 0.225. The maximum atomic E-state index is 13.0. The third kappa shape index (κ3) is 6.99. The summed E-state index contributed by atoms with van der Waals surface area (Å²) in [6, 6.07) is 18.4. The molecule has 0 aliphatic carbocycles. The van der Waals surface area contributed by atoms with E-state index in [1.807, 2.05) is 16.8 Å². The van der Waals surface area contributed by atoms with Gasteiger partial charge in [0.25, 0.3) is 5.91 Å². The molecule has 4 aromatic rings. The Bertz CT molecular complexity index is 1320. The molecule has 2 N–H and O–H groups in total. The third-order valence-electron chi connectivity index (χ3n) is 4.99. The van der Waals surface area contributed by atoms with Crippen LogP contribution in [0.3, 0.4) is 0 Å². The fraction of sp³-hybridized carbons (Fsp3) is 0.0800. The highest BCUT2D eigenvalue weighted by Gasteiger charge is 2.18. The number of halogens is 4. The van der Waals surface area contributed by atoms with Gasteiger partial charge in [-0.05, 0) is 66.2 Å². The summed E-state index contributed by atoms with van der Waals surface area (Å²) in [6.07, 6.45) is 5.19. The lowest BCUT2D eigenvalue weighted by Gasteiger charge is -2.19. The van der Waals surface area contributed by atoms with Crippen LogP contribution in [0, 0.1) is 0 Å². The summed E-state index contributed by atoms with van der Waals surface area (Å²) in [5.41, 5.74) is 1.85. The van der Waals surface area contributed by atoms with Gasteiger partial charge in [-0.15, -0.1) is 0 Å². The fourth-order valence-electron chi connectivity index (χ4n) is 3.28. The molecular weight excluding hydrogens is 528 g/mol. The van der Waals surface area contributed by atoms with E-state index in [0.29, 0.717) is 37.9 Å². The molecular formula is C25H19Cl4N5O. The Balaban J connectivity index is 1.72. The highest BCUT2D eigenvalue weighted by atomic mass is 35.5. The van der Waals surface area contributed by atoms with Crippen molar-refractivity contribution in [3.8, 4) is 0 Å². The molecule has 0 saturated heterocycles. The predicted octanol–water partition coefficient (Wildman–Crippen LogP) is 7.14. The minimum atomic E-state index is -0.478. The largest absolute Gasteiger partial charge is 0.335 e. The fourth-order valence-corrected chi connectivity index (χ4v) is 4.06. The Morgan fingerprint density at radius 1 is 0.914 bits per heavy atom. The van der Waals surface area contributed by atoms with Gasteiger partial charge in [-0.2, -0.15) is 0 Å². The van der Waals surface area contributed by atoms with Gasteiger partial charge in [0, 0.05) is 43.7 Å². The number of rotatable bonds is 6. The van der Waals surface area contributed by atoms with Gasteiger partial charge < -0.3 is 9.88 Å². The van der Waals surface area contributed by atoms with Crippen LogP contribution in [0.25, 0.3) is 0 Å². The topological polar surface area (TPSA) is 71.3 Å². The van der Waals surface area contributed by atoms with Crippen molar-refractivity contribution in [3.63, 3.8) is 0 Å². The van der Waals surface area contributed by atoms with Crippen molar-refractivity contribution >= 4 is 64.0 Å². The van der Waals surface area contributed by atoms with Gasteiger partial charge >= 0.3 is 0 Å². The number of amides is 1. The lowest BCUT2D eigenvalue weighted by atomic mass is 10.1. The van der Waals surface area contributed by atoms with Gasteiger partial charge in [-0.3, -0.25) is 10.1 Å². The first-order valence-corrected chi connectivity index (χ1v) is 12.0. The molecule has 0 aliphatic heterocycles. The van der Waals surface area contributed by atoms with Crippen LogP contribution < -0.4 is 10.6 Å². The zero-order valence-electron chi connectivity index (χ0n) is 18.1. The molecule has 0 fully saturated rings. The molecule has 1 amide bonds. The molecule has 1 aromatic heterocycles. The molecule has 178 valence electrons. The number of nitrogens with one attached hydrogen (secondary N) is 2. The lowest BCUT2D eigenvalue weighted by molar-refractivity contribution is 0.0977. The van der Waals surface area contributed by atoms with E-state index < -0.39 is 6.04 Å². The number of hydrogen-bond acceptors (Lipinski definition) is 3. The van der Waals surface area contributed by atoms with E-state index in [1.54, 1.807) is 73.2 Å². The lowest BCUT2D eigenvalue weighted by Crippen LogP contribution is -2.36. The maximum absolute atomic E-state index is 13.0. The average Bonchev–Trinajstić information content (AvgIpc) is 3.34. The summed E-state index contributed by atoms with van der Waals surface area (Å²) >= 11 is 24.6. The van der Waals surface area contributed by atoms with Gasteiger partial charge in [0.1, 0.15) is 0 Å². The second-order valence-electron chi connectivity index (χ2n) is 7.51. The predicted molar refractivity (Wildman–Crippen MR) is 143 cm³/mol. The molecule has 35 heavy (non-hydrogen) atoms. The van der Waals surface area contributed by atoms with Gasteiger partial charge in [-0.25, -0.2) is 9.98 Å². The van der Waals surface area contributed by atoms with Gasteiger partial charge in [-0.1, -0.05) is 52.5 Å². The van der Waals surface area contributed by atoms with Crippen molar-refractivity contribution in [2.45, 2.75) is 12.6 Å². The minimum Gasteiger partial charge on any atom is -0.335 e. The van der Waals surface area contributed by atoms with E-state index in [-0.39, 0.29) is 11.9 Å². The van der Waals surface area contributed by atoms with E-state index in [0.717, 1.165) is 5.56 Å². The smallest absolute Gasteiger partial charge is 0.257 e. The normalized spacial score (nSPS) is 12.3. The number of anilines is 1. The second-order valence-corrected chi connectivity index (χ2v) is 9.23. The summed E-state index contributed by atoms with van der Waals surface area (Å²) < 4.78 is 1.88. The number of nitrogens with zero attached hydrogens (tertiary/aromatic N) is 3. The highest BCUT2D eigenvalue weighted by molar-refractivity contribution is 6.35. The number of carbonyl (C=O) groups is 1. The second kappa shape index (κ2) is 11.6. The molecule has 0 saturated carbocycles. The van der Waals surface area contributed by atoms with Crippen LogP contribution in [0.15, 0.2) is 90.4 Å². The van der Waals surface area contributed by atoms with Crippen molar-refractivity contribution in [1.82, 2.24) is 14.9 Å². The van der Waals surface area contributed by atoms with Gasteiger partial charge in [0.15, 0.2) is 0 Å². The Labute approximate surface area is 222 Å². The van der Waals surface area contributed by atoms with E-state index in [4.69, 9.17) is 51.4 Å². The van der Waals surface area contributed by atoms with Crippen LogP contribution in [0.5, 0.6) is 0 Å². The zero-order valence-corrected chi connectivity index (χ0v) is 21.2. The zero-order chi connectivity index (χ0) is 24.8. The Hall–Kier alpha value is -3.03. The molecule has 6 nitrogen and oxygen atoms in total. The SMILES string of the molecule is O=C(NC(=NC(Cn1ccnc1)c1ccc(Cl)cc1Cl)Nc1ccc(Cl)cc1)c1ccc(Cl)cc1. The van der Waals surface area contributed by atoms with Crippen molar-refractivity contribution in [1.29, 1.82) is 0 Å². The molecule has 10 heteroatoms. The van der Waals surface area contributed by atoms with Crippen LogP contribution in [0.4, 0.5) is 5.69 Å². The van der Waals surface area contributed by atoms with E-state index >= 15 is 0 Å². The van der Waals surface area contributed by atoms with Crippen molar-refractivity contribution in [2.75, 3.05) is 5.32 Å². The number of carbonyl (C=O) groups excluding carboxylic acids is 1. The third-order valence-corrected chi connectivity index (χ3v) is 6.06. The summed E-state index contributed by atoms with van der Waals surface area (Å²) in [6.45, 7) is 0.421. The van der Waals surface area contributed by atoms with Crippen molar-refractivity contribution in [2.24, 2.45) is 4.99 Å². The van der Waals surface area contributed by atoms with E-state index in [9.17, 15) is 4.79 Å². The summed E-state index contributed by atoms with van der Waals surface area (Å²) in [5, 5.41) is 8.12. The number of hydrogen-bond donors (Lipinski definition) is 2. The monoisotopic (exact) mass is 545 g/mol. The molecule has 3 aromatic carbocycles. The van der Waals surface area contributed by atoms with E-state index in [2.05, 4.69) is 15.6 Å².